The van der Waals surface area contributed by atoms with Crippen molar-refractivity contribution in [2.45, 2.75) is 4.90 Å². The zero-order valence-corrected chi connectivity index (χ0v) is 16.0. The van der Waals surface area contributed by atoms with Gasteiger partial charge in [-0.2, -0.15) is 8.42 Å². The Morgan fingerprint density at radius 2 is 1.56 bits per heavy atom. The lowest BCUT2D eigenvalue weighted by Gasteiger charge is -2.13. The largest absolute Gasteiger partial charge is 0.495 e. The fraction of sp³-hybridized carbons (Fsp3) is 0.0500. The number of halogens is 1. The molecule has 0 heterocycles. The van der Waals surface area contributed by atoms with Crippen LogP contribution in [0.5, 0.6) is 5.75 Å². The van der Waals surface area contributed by atoms with Crippen molar-refractivity contribution in [3.05, 3.63) is 89.4 Å². The Labute approximate surface area is 163 Å². The number of nitrogens with zero attached hydrogens (tertiary/aromatic N) is 1. The standard InChI is InChI=1S/C20H17ClN2O3S/c1-26-19-10-6-5-9-18(19)22-20(15-11-13-16(21)14-12-15)23-27(24,25)17-7-3-2-4-8-17/h2-14H,1H3,(H,22,23). The van der Waals surface area contributed by atoms with Gasteiger partial charge in [-0.05, 0) is 48.5 Å². The molecule has 0 aliphatic heterocycles. The van der Waals surface area contributed by atoms with Gasteiger partial charge in [0.25, 0.3) is 10.0 Å². The minimum absolute atomic E-state index is 0.110. The van der Waals surface area contributed by atoms with Crippen molar-refractivity contribution >= 4 is 33.1 Å². The van der Waals surface area contributed by atoms with Crippen LogP contribution in [-0.4, -0.2) is 21.4 Å². The number of benzene rings is 3. The summed E-state index contributed by atoms with van der Waals surface area (Å²) in [6.07, 6.45) is 0. The molecule has 0 unspecified atom stereocenters. The molecule has 0 atom stereocenters. The molecule has 7 heteroatoms. The number of sulfonamides is 1. The summed E-state index contributed by atoms with van der Waals surface area (Å²) in [5.74, 6) is 0.733. The lowest BCUT2D eigenvalue weighted by atomic mass is 10.2. The molecular formula is C20H17ClN2O3S. The summed E-state index contributed by atoms with van der Waals surface area (Å²) in [5.41, 5.74) is 1.17. The number of rotatable bonds is 5. The molecule has 3 rings (SSSR count). The van der Waals surface area contributed by atoms with E-state index < -0.39 is 10.0 Å². The highest BCUT2D eigenvalue weighted by molar-refractivity contribution is 7.90. The SMILES string of the molecule is COc1ccccc1N/C(=N\S(=O)(=O)c1ccccc1)c1ccc(Cl)cc1. The fourth-order valence-corrected chi connectivity index (χ4v) is 3.52. The van der Waals surface area contributed by atoms with Gasteiger partial charge in [-0.25, -0.2) is 0 Å². The van der Waals surface area contributed by atoms with E-state index in [4.69, 9.17) is 16.3 Å². The zero-order valence-electron chi connectivity index (χ0n) is 14.5. The topological polar surface area (TPSA) is 67.8 Å². The highest BCUT2D eigenvalue weighted by atomic mass is 35.5. The molecule has 1 N–H and O–H groups in total. The minimum atomic E-state index is -3.91. The molecule has 0 spiro atoms. The van der Waals surface area contributed by atoms with Gasteiger partial charge in [-0.1, -0.05) is 41.9 Å². The van der Waals surface area contributed by atoms with Crippen LogP contribution < -0.4 is 10.1 Å². The number of ether oxygens (including phenoxy) is 1. The van der Waals surface area contributed by atoms with Crippen molar-refractivity contribution in [3.8, 4) is 5.75 Å². The molecule has 0 saturated heterocycles. The molecule has 3 aromatic rings. The van der Waals surface area contributed by atoms with Crippen LogP contribution >= 0.6 is 11.6 Å². The Bertz CT molecular complexity index is 1050. The van der Waals surface area contributed by atoms with Crippen molar-refractivity contribution in [3.63, 3.8) is 0 Å². The summed E-state index contributed by atoms with van der Waals surface area (Å²) in [6.45, 7) is 0. The second-order valence-electron chi connectivity index (χ2n) is 5.56. The predicted molar refractivity (Wildman–Crippen MR) is 108 cm³/mol. The molecule has 27 heavy (non-hydrogen) atoms. The molecule has 0 fully saturated rings. The monoisotopic (exact) mass is 400 g/mol. The molecule has 0 aromatic heterocycles. The van der Waals surface area contributed by atoms with Crippen LogP contribution in [0.2, 0.25) is 5.02 Å². The first-order chi connectivity index (χ1) is 13.0. The van der Waals surface area contributed by atoms with Crippen molar-refractivity contribution < 1.29 is 13.2 Å². The van der Waals surface area contributed by atoms with Crippen LogP contribution in [0, 0.1) is 0 Å². The second-order valence-corrected chi connectivity index (χ2v) is 7.60. The minimum Gasteiger partial charge on any atom is -0.495 e. The lowest BCUT2D eigenvalue weighted by molar-refractivity contribution is 0.417. The average molecular weight is 401 g/mol. The maximum atomic E-state index is 12.7. The van der Waals surface area contributed by atoms with Crippen molar-refractivity contribution in [2.24, 2.45) is 4.40 Å². The molecular weight excluding hydrogens is 384 g/mol. The Kier molecular flexibility index (Phi) is 5.78. The summed E-state index contributed by atoms with van der Waals surface area (Å²) in [6, 6.07) is 22.0. The highest BCUT2D eigenvalue weighted by Crippen LogP contribution is 2.25. The molecule has 0 bridgehead atoms. The lowest BCUT2D eigenvalue weighted by Crippen LogP contribution is -2.17. The number of methoxy groups -OCH3 is 1. The zero-order chi connectivity index (χ0) is 19.3. The number of anilines is 1. The first-order valence-electron chi connectivity index (χ1n) is 8.05. The fourth-order valence-electron chi connectivity index (χ4n) is 2.40. The van der Waals surface area contributed by atoms with E-state index in [-0.39, 0.29) is 10.7 Å². The Morgan fingerprint density at radius 1 is 0.926 bits per heavy atom. The quantitative estimate of drug-likeness (QED) is 0.502. The van der Waals surface area contributed by atoms with E-state index >= 15 is 0 Å². The van der Waals surface area contributed by atoms with Gasteiger partial charge in [0.2, 0.25) is 0 Å². The smallest absolute Gasteiger partial charge is 0.284 e. The van der Waals surface area contributed by atoms with E-state index in [1.165, 1.54) is 12.1 Å². The summed E-state index contributed by atoms with van der Waals surface area (Å²) < 4.78 is 34.8. The molecule has 0 radical (unpaired) electrons. The van der Waals surface area contributed by atoms with Gasteiger partial charge in [0.1, 0.15) is 5.75 Å². The van der Waals surface area contributed by atoms with E-state index in [2.05, 4.69) is 9.71 Å². The van der Waals surface area contributed by atoms with E-state index in [1.54, 1.807) is 61.7 Å². The maximum Gasteiger partial charge on any atom is 0.284 e. The van der Waals surface area contributed by atoms with Crippen LogP contribution in [0.3, 0.4) is 0 Å². The molecule has 0 aliphatic carbocycles. The number of hydrogen-bond donors (Lipinski definition) is 1. The van der Waals surface area contributed by atoms with Crippen LogP contribution in [0.25, 0.3) is 0 Å². The van der Waals surface area contributed by atoms with Gasteiger partial charge in [0, 0.05) is 10.6 Å². The molecule has 0 saturated carbocycles. The van der Waals surface area contributed by atoms with E-state index in [0.717, 1.165) is 0 Å². The Balaban J connectivity index is 2.09. The molecule has 5 nitrogen and oxygen atoms in total. The molecule has 138 valence electrons. The molecule has 3 aromatic carbocycles. The van der Waals surface area contributed by atoms with Crippen LogP contribution in [0.15, 0.2) is 88.2 Å². The van der Waals surface area contributed by atoms with E-state index in [0.29, 0.717) is 22.0 Å². The first-order valence-corrected chi connectivity index (χ1v) is 9.87. The summed E-state index contributed by atoms with van der Waals surface area (Å²) in [7, 11) is -2.36. The number of hydrogen-bond acceptors (Lipinski definition) is 3. The molecule has 0 aliphatic rings. The summed E-state index contributed by atoms with van der Waals surface area (Å²) in [5, 5.41) is 3.61. The molecule has 0 amide bonds. The summed E-state index contributed by atoms with van der Waals surface area (Å²) in [4.78, 5) is 0.110. The van der Waals surface area contributed by atoms with Gasteiger partial charge in [0.05, 0.1) is 17.7 Å². The van der Waals surface area contributed by atoms with Gasteiger partial charge in [-0.3, -0.25) is 0 Å². The van der Waals surface area contributed by atoms with E-state index in [1.807, 2.05) is 12.1 Å². The highest BCUT2D eigenvalue weighted by Gasteiger charge is 2.16. The third-order valence-electron chi connectivity index (χ3n) is 3.73. The van der Waals surface area contributed by atoms with Gasteiger partial charge >= 0.3 is 0 Å². The third kappa shape index (κ3) is 4.67. The van der Waals surface area contributed by atoms with Gasteiger partial charge < -0.3 is 10.1 Å². The van der Waals surface area contributed by atoms with Crippen molar-refractivity contribution in [2.75, 3.05) is 12.4 Å². The van der Waals surface area contributed by atoms with Gasteiger partial charge in [-0.15, -0.1) is 4.40 Å². The van der Waals surface area contributed by atoms with Crippen molar-refractivity contribution in [1.29, 1.82) is 0 Å². The normalized spacial score (nSPS) is 11.9. The maximum absolute atomic E-state index is 12.7. The van der Waals surface area contributed by atoms with Crippen LogP contribution in [0.1, 0.15) is 5.56 Å². The summed E-state index contributed by atoms with van der Waals surface area (Å²) >= 11 is 5.95. The second kappa shape index (κ2) is 8.24. The van der Waals surface area contributed by atoms with E-state index in [9.17, 15) is 8.42 Å². The van der Waals surface area contributed by atoms with Gasteiger partial charge in [0.15, 0.2) is 5.84 Å². The number of para-hydroxylation sites is 2. The van der Waals surface area contributed by atoms with Crippen LogP contribution in [-0.2, 0) is 10.0 Å². The van der Waals surface area contributed by atoms with Crippen LogP contribution in [0.4, 0.5) is 5.69 Å². The van der Waals surface area contributed by atoms with Crippen molar-refractivity contribution in [1.82, 2.24) is 0 Å². The predicted octanol–water partition coefficient (Wildman–Crippen LogP) is 4.60. The average Bonchev–Trinajstić information content (AvgIpc) is 2.69. The Hall–Kier alpha value is -2.83. The number of nitrogens with one attached hydrogen (secondary N) is 1. The third-order valence-corrected chi connectivity index (χ3v) is 5.27. The first kappa shape index (κ1) is 18.9. The number of amidine groups is 1. The Morgan fingerprint density at radius 3 is 2.22 bits per heavy atom.